The second-order valence-corrected chi connectivity index (χ2v) is 8.63. The first-order valence-corrected chi connectivity index (χ1v) is 9.18. The summed E-state index contributed by atoms with van der Waals surface area (Å²) in [6.45, 7) is 3.97. The molecule has 0 aliphatic carbocycles. The van der Waals surface area contributed by atoms with Gasteiger partial charge in [0, 0.05) is 11.2 Å². The Bertz CT molecular complexity index is 577. The lowest BCUT2D eigenvalue weighted by Gasteiger charge is -2.07. The van der Waals surface area contributed by atoms with Gasteiger partial charge in [0.1, 0.15) is 4.49 Å². The van der Waals surface area contributed by atoms with E-state index >= 15 is 0 Å². The Morgan fingerprint density at radius 3 is 2.37 bits per heavy atom. The lowest BCUT2D eigenvalue weighted by molar-refractivity contribution is 0.598. The molecule has 0 N–H and O–H groups in total. The van der Waals surface area contributed by atoms with E-state index in [2.05, 4.69) is 3.77 Å². The Morgan fingerprint density at radius 2 is 1.89 bits per heavy atom. The lowest BCUT2D eigenvalue weighted by atomic mass is 10.3. The molecule has 0 spiro atoms. The highest BCUT2D eigenvalue weighted by Gasteiger charge is 2.13. The van der Waals surface area contributed by atoms with Crippen LogP contribution >= 0.6 is 23.2 Å². The van der Waals surface area contributed by atoms with Gasteiger partial charge in [0.05, 0.1) is 4.90 Å². The van der Waals surface area contributed by atoms with E-state index in [0.29, 0.717) is 11.7 Å². The first-order chi connectivity index (χ1) is 8.81. The van der Waals surface area contributed by atoms with E-state index in [4.69, 9.17) is 23.2 Å². The van der Waals surface area contributed by atoms with Gasteiger partial charge in [-0.2, -0.15) is 8.42 Å². The van der Waals surface area contributed by atoms with Crippen molar-refractivity contribution in [3.8, 4) is 0 Å². The van der Waals surface area contributed by atoms with Crippen molar-refractivity contribution >= 4 is 43.9 Å². The fourth-order valence-electron chi connectivity index (χ4n) is 1.31. The minimum Gasteiger partial charge on any atom is -0.199 e. The molecule has 19 heavy (non-hydrogen) atoms. The molecule has 0 saturated carbocycles. The van der Waals surface area contributed by atoms with Crippen LogP contribution in [0.4, 0.5) is 0 Å². The van der Waals surface area contributed by atoms with Crippen LogP contribution in [0.25, 0.3) is 0 Å². The molecular formula is C12H15Cl2NO2S2. The van der Waals surface area contributed by atoms with Crippen LogP contribution in [0, 0.1) is 5.92 Å². The van der Waals surface area contributed by atoms with Crippen molar-refractivity contribution in [2.24, 2.45) is 9.69 Å². The first-order valence-electron chi connectivity index (χ1n) is 5.57. The normalized spacial score (nSPS) is 13.5. The molecule has 3 nitrogen and oxygen atoms in total. The average Bonchev–Trinajstić information content (AvgIpc) is 2.27. The SMILES string of the molecule is CC(C)CS(C=C(Cl)Cl)=NS(=O)(=O)c1ccccc1. The maximum Gasteiger partial charge on any atom is 0.288 e. The monoisotopic (exact) mass is 339 g/mol. The number of hydrogen-bond acceptors (Lipinski definition) is 2. The van der Waals surface area contributed by atoms with Crippen molar-refractivity contribution in [1.82, 2.24) is 0 Å². The summed E-state index contributed by atoms with van der Waals surface area (Å²) in [6.07, 6.45) is 0. The Kier molecular flexibility index (Phi) is 6.53. The zero-order chi connectivity index (χ0) is 14.5. The lowest BCUT2D eigenvalue weighted by Crippen LogP contribution is -2.05. The molecule has 0 aliphatic rings. The van der Waals surface area contributed by atoms with E-state index in [-0.39, 0.29) is 9.39 Å². The molecule has 0 fully saturated rings. The Balaban J connectivity index is 3.18. The van der Waals surface area contributed by atoms with E-state index in [9.17, 15) is 8.42 Å². The molecule has 0 amide bonds. The van der Waals surface area contributed by atoms with Gasteiger partial charge in [-0.15, -0.1) is 3.77 Å². The van der Waals surface area contributed by atoms with Crippen LogP contribution in [0.15, 0.2) is 48.9 Å². The molecule has 1 atom stereocenters. The number of sulfonamides is 1. The third-order valence-electron chi connectivity index (χ3n) is 1.96. The predicted octanol–water partition coefficient (Wildman–Crippen LogP) is 4.11. The molecular weight excluding hydrogens is 325 g/mol. The van der Waals surface area contributed by atoms with Gasteiger partial charge in [-0.1, -0.05) is 65.9 Å². The molecule has 7 heteroatoms. The molecule has 1 unspecified atom stereocenters. The maximum atomic E-state index is 12.1. The van der Waals surface area contributed by atoms with Gasteiger partial charge >= 0.3 is 0 Å². The average molecular weight is 340 g/mol. The van der Waals surface area contributed by atoms with Crippen molar-refractivity contribution in [2.45, 2.75) is 18.7 Å². The Hall–Kier alpha value is -0.360. The number of nitrogens with zero attached hydrogens (tertiary/aromatic N) is 1. The quantitative estimate of drug-likeness (QED) is 0.810. The highest BCUT2D eigenvalue weighted by atomic mass is 35.5. The van der Waals surface area contributed by atoms with Crippen molar-refractivity contribution in [1.29, 1.82) is 0 Å². The van der Waals surface area contributed by atoms with Gasteiger partial charge in [-0.05, 0) is 18.1 Å². The smallest absolute Gasteiger partial charge is 0.199 e. The zero-order valence-corrected chi connectivity index (χ0v) is 13.7. The van der Waals surface area contributed by atoms with Crippen LogP contribution in [0.1, 0.15) is 13.8 Å². The fraction of sp³-hybridized carbons (Fsp3) is 0.333. The van der Waals surface area contributed by atoms with Crippen LogP contribution < -0.4 is 0 Å². The molecule has 0 saturated heterocycles. The van der Waals surface area contributed by atoms with Crippen molar-refractivity contribution in [3.05, 3.63) is 40.2 Å². The molecule has 0 aliphatic heterocycles. The van der Waals surface area contributed by atoms with Gasteiger partial charge in [-0.3, -0.25) is 0 Å². The number of rotatable bonds is 5. The minimum atomic E-state index is -3.68. The van der Waals surface area contributed by atoms with Gasteiger partial charge in [0.2, 0.25) is 0 Å². The van der Waals surface area contributed by atoms with Crippen molar-refractivity contribution in [3.63, 3.8) is 0 Å². The van der Waals surface area contributed by atoms with E-state index in [0.717, 1.165) is 0 Å². The Labute approximate surface area is 126 Å². The standard InChI is InChI=1S/C12H15Cl2NO2S2/c1-10(2)8-18(9-12(13)14)15-19(16,17)11-6-4-3-5-7-11/h3-7,9-10H,8H2,1-2H3. The van der Waals surface area contributed by atoms with E-state index in [1.54, 1.807) is 18.2 Å². The number of hydrogen-bond donors (Lipinski definition) is 0. The summed E-state index contributed by atoms with van der Waals surface area (Å²) in [6, 6.07) is 8.10. The van der Waals surface area contributed by atoms with Gasteiger partial charge in [-0.25, -0.2) is 0 Å². The van der Waals surface area contributed by atoms with Crippen LogP contribution in [0.2, 0.25) is 0 Å². The van der Waals surface area contributed by atoms with Gasteiger partial charge in [0.15, 0.2) is 0 Å². The van der Waals surface area contributed by atoms with Crippen molar-refractivity contribution < 1.29 is 8.42 Å². The molecule has 0 bridgehead atoms. The predicted molar refractivity (Wildman–Crippen MR) is 82.9 cm³/mol. The zero-order valence-electron chi connectivity index (χ0n) is 10.6. The van der Waals surface area contributed by atoms with Crippen LogP contribution in [0.3, 0.4) is 0 Å². The van der Waals surface area contributed by atoms with Gasteiger partial charge in [0.25, 0.3) is 10.0 Å². The molecule has 1 aromatic rings. The van der Waals surface area contributed by atoms with Crippen molar-refractivity contribution in [2.75, 3.05) is 5.75 Å². The molecule has 0 radical (unpaired) electrons. The van der Waals surface area contributed by atoms with Crippen LogP contribution in [-0.2, 0) is 20.7 Å². The highest BCUT2D eigenvalue weighted by Crippen LogP contribution is 2.17. The summed E-state index contributed by atoms with van der Waals surface area (Å²) >= 11 is 11.2. The largest absolute Gasteiger partial charge is 0.288 e. The summed E-state index contributed by atoms with van der Waals surface area (Å²) < 4.78 is 28.2. The summed E-state index contributed by atoms with van der Waals surface area (Å²) in [4.78, 5) is 0.176. The van der Waals surface area contributed by atoms with Crippen LogP contribution in [-0.4, -0.2) is 14.2 Å². The molecule has 0 aromatic heterocycles. The molecule has 0 heterocycles. The number of halogens is 2. The van der Waals surface area contributed by atoms with E-state index in [1.807, 2.05) is 13.8 Å². The maximum absolute atomic E-state index is 12.1. The third-order valence-corrected chi connectivity index (χ3v) is 6.38. The first kappa shape index (κ1) is 16.7. The Morgan fingerprint density at radius 1 is 1.32 bits per heavy atom. The second-order valence-electron chi connectivity index (χ2n) is 4.23. The van der Waals surface area contributed by atoms with Gasteiger partial charge < -0.3 is 0 Å². The topological polar surface area (TPSA) is 46.5 Å². The summed E-state index contributed by atoms with van der Waals surface area (Å²) in [5, 5.41) is 1.48. The highest BCUT2D eigenvalue weighted by molar-refractivity contribution is 8.01. The van der Waals surface area contributed by atoms with Crippen LogP contribution in [0.5, 0.6) is 0 Å². The second kappa shape index (κ2) is 7.43. The summed E-state index contributed by atoms with van der Waals surface area (Å²) in [5.74, 6) is 0.886. The molecule has 106 valence electrons. The fourth-order valence-corrected chi connectivity index (χ4v) is 5.18. The van der Waals surface area contributed by atoms with E-state index < -0.39 is 20.7 Å². The summed E-state index contributed by atoms with van der Waals surface area (Å²) in [5.41, 5.74) is 0. The van der Waals surface area contributed by atoms with E-state index in [1.165, 1.54) is 17.5 Å². The number of benzene rings is 1. The molecule has 1 rings (SSSR count). The minimum absolute atomic E-state index is 0.0380. The third kappa shape index (κ3) is 6.08. The summed E-state index contributed by atoms with van der Waals surface area (Å²) in [7, 11) is -4.52. The molecule has 1 aromatic carbocycles.